The van der Waals surface area contributed by atoms with Crippen molar-refractivity contribution in [2.24, 2.45) is 5.92 Å². The van der Waals surface area contributed by atoms with Crippen molar-refractivity contribution in [1.82, 2.24) is 4.72 Å². The van der Waals surface area contributed by atoms with E-state index in [1.165, 1.54) is 17.4 Å². The molecule has 0 aromatic carbocycles. The Morgan fingerprint density at radius 2 is 2.06 bits per heavy atom. The van der Waals surface area contributed by atoms with Crippen LogP contribution in [0.25, 0.3) is 0 Å². The van der Waals surface area contributed by atoms with Crippen LogP contribution in [-0.4, -0.2) is 19.6 Å². The fourth-order valence-corrected chi connectivity index (χ4v) is 3.81. The average molecular weight is 263 g/mol. The van der Waals surface area contributed by atoms with E-state index in [2.05, 4.69) is 4.72 Å². The summed E-state index contributed by atoms with van der Waals surface area (Å²) in [6.45, 7) is 5.48. The molecule has 2 N–H and O–H groups in total. The van der Waals surface area contributed by atoms with Crippen LogP contribution in [-0.2, 0) is 16.6 Å². The van der Waals surface area contributed by atoms with Gasteiger partial charge in [-0.1, -0.05) is 13.8 Å². The number of rotatable bonds is 5. The topological polar surface area (TPSA) is 66.4 Å². The maximum atomic E-state index is 12.0. The third-order valence-corrected chi connectivity index (χ3v) is 5.16. The van der Waals surface area contributed by atoms with E-state index in [1.54, 1.807) is 5.38 Å². The Bertz CT molecular complexity index is 437. The zero-order valence-corrected chi connectivity index (χ0v) is 11.2. The van der Waals surface area contributed by atoms with Gasteiger partial charge in [0, 0.05) is 10.9 Å². The summed E-state index contributed by atoms with van der Waals surface area (Å²) in [6.07, 6.45) is 0. The van der Waals surface area contributed by atoms with Gasteiger partial charge in [0.25, 0.3) is 0 Å². The molecule has 0 saturated heterocycles. The lowest BCUT2D eigenvalue weighted by molar-refractivity contribution is 0.282. The molecule has 1 rings (SSSR count). The summed E-state index contributed by atoms with van der Waals surface area (Å²) in [5.41, 5.74) is 0. The molecule has 0 fully saturated rings. The normalized spacial score (nSPS) is 14.3. The molecule has 0 aliphatic heterocycles. The van der Waals surface area contributed by atoms with Gasteiger partial charge in [-0.3, -0.25) is 0 Å². The van der Waals surface area contributed by atoms with E-state index in [4.69, 9.17) is 5.11 Å². The molecule has 6 heteroatoms. The summed E-state index contributed by atoms with van der Waals surface area (Å²) < 4.78 is 26.5. The summed E-state index contributed by atoms with van der Waals surface area (Å²) in [5.74, 6) is 0.228. The SMILES string of the molecule is CC(C)C(C)NS(=O)(=O)c1ccsc1CO. The molecule has 1 atom stereocenters. The lowest BCUT2D eigenvalue weighted by Crippen LogP contribution is -2.36. The molecule has 0 bridgehead atoms. The number of aliphatic hydroxyl groups is 1. The van der Waals surface area contributed by atoms with Crippen molar-refractivity contribution >= 4 is 21.4 Å². The van der Waals surface area contributed by atoms with Crippen LogP contribution >= 0.6 is 11.3 Å². The minimum atomic E-state index is -3.50. The van der Waals surface area contributed by atoms with Gasteiger partial charge in [0.15, 0.2) is 0 Å². The van der Waals surface area contributed by atoms with Crippen molar-refractivity contribution in [3.63, 3.8) is 0 Å². The first-order chi connectivity index (χ1) is 7.38. The first kappa shape index (κ1) is 13.6. The molecule has 4 nitrogen and oxygen atoms in total. The molecule has 0 radical (unpaired) electrons. The molecule has 0 spiro atoms. The highest BCUT2D eigenvalue weighted by atomic mass is 32.2. The Labute approximate surface area is 100 Å². The second kappa shape index (κ2) is 5.27. The Hall–Kier alpha value is -0.430. The van der Waals surface area contributed by atoms with E-state index in [9.17, 15) is 8.42 Å². The molecular formula is C10H17NO3S2. The monoisotopic (exact) mass is 263 g/mol. The van der Waals surface area contributed by atoms with Crippen molar-refractivity contribution in [3.05, 3.63) is 16.3 Å². The lowest BCUT2D eigenvalue weighted by Gasteiger charge is -2.17. The number of sulfonamides is 1. The second-order valence-corrected chi connectivity index (χ2v) is 6.70. The van der Waals surface area contributed by atoms with Crippen LogP contribution in [0.15, 0.2) is 16.3 Å². The lowest BCUT2D eigenvalue weighted by atomic mass is 10.1. The minimum absolute atomic E-state index is 0.128. The number of hydrogen-bond donors (Lipinski definition) is 2. The Kier molecular flexibility index (Phi) is 4.49. The van der Waals surface area contributed by atoms with Crippen molar-refractivity contribution in [3.8, 4) is 0 Å². The van der Waals surface area contributed by atoms with Gasteiger partial charge in [0.1, 0.15) is 0 Å². The first-order valence-corrected chi connectivity index (χ1v) is 7.44. The molecule has 0 saturated carbocycles. The van der Waals surface area contributed by atoms with Gasteiger partial charge in [0.2, 0.25) is 10.0 Å². The summed E-state index contributed by atoms with van der Waals surface area (Å²) in [6, 6.07) is 1.39. The Balaban J connectivity index is 2.95. The molecule has 1 unspecified atom stereocenters. The zero-order valence-electron chi connectivity index (χ0n) is 9.60. The van der Waals surface area contributed by atoms with Gasteiger partial charge in [-0.05, 0) is 24.3 Å². The fraction of sp³-hybridized carbons (Fsp3) is 0.600. The number of nitrogens with one attached hydrogen (secondary N) is 1. The van der Waals surface area contributed by atoms with E-state index in [1.807, 2.05) is 20.8 Å². The largest absolute Gasteiger partial charge is 0.391 e. The number of thiophene rings is 1. The van der Waals surface area contributed by atoms with Gasteiger partial charge in [-0.15, -0.1) is 11.3 Å². The maximum absolute atomic E-state index is 12.0. The van der Waals surface area contributed by atoms with E-state index >= 15 is 0 Å². The predicted octanol–water partition coefficient (Wildman–Crippen LogP) is 1.56. The highest BCUT2D eigenvalue weighted by Gasteiger charge is 2.22. The second-order valence-electron chi connectivity index (χ2n) is 4.02. The third-order valence-electron chi connectivity index (χ3n) is 2.48. The molecule has 0 amide bonds. The average Bonchev–Trinajstić information content (AvgIpc) is 2.64. The zero-order chi connectivity index (χ0) is 12.3. The predicted molar refractivity (Wildman–Crippen MR) is 64.9 cm³/mol. The maximum Gasteiger partial charge on any atom is 0.242 e. The summed E-state index contributed by atoms with van der Waals surface area (Å²) in [4.78, 5) is 0.663. The van der Waals surface area contributed by atoms with Crippen LogP contribution in [0.3, 0.4) is 0 Å². The fourth-order valence-electron chi connectivity index (χ4n) is 1.13. The third kappa shape index (κ3) is 3.04. The van der Waals surface area contributed by atoms with E-state index < -0.39 is 10.0 Å². The molecule has 0 aliphatic carbocycles. The van der Waals surface area contributed by atoms with Crippen molar-refractivity contribution < 1.29 is 13.5 Å². The van der Waals surface area contributed by atoms with Crippen LogP contribution in [0.4, 0.5) is 0 Å². The molecule has 16 heavy (non-hydrogen) atoms. The van der Waals surface area contributed by atoms with Crippen LogP contribution in [0.5, 0.6) is 0 Å². The Morgan fingerprint density at radius 3 is 2.56 bits per heavy atom. The van der Waals surface area contributed by atoms with E-state index in [0.29, 0.717) is 4.88 Å². The summed E-state index contributed by atoms with van der Waals surface area (Å²) >= 11 is 1.24. The smallest absolute Gasteiger partial charge is 0.242 e. The Morgan fingerprint density at radius 1 is 1.44 bits per heavy atom. The van der Waals surface area contributed by atoms with Gasteiger partial charge in [-0.25, -0.2) is 13.1 Å². The van der Waals surface area contributed by atoms with Crippen LogP contribution in [0, 0.1) is 5.92 Å². The molecule has 1 aromatic heterocycles. The first-order valence-electron chi connectivity index (χ1n) is 5.08. The highest BCUT2D eigenvalue weighted by molar-refractivity contribution is 7.89. The molecule has 1 heterocycles. The standard InChI is InChI=1S/C10H17NO3S2/c1-7(2)8(3)11-16(13,14)10-4-5-15-9(10)6-12/h4-5,7-8,11-12H,6H2,1-3H3. The van der Waals surface area contributed by atoms with Crippen molar-refractivity contribution in [1.29, 1.82) is 0 Å². The summed E-state index contributed by atoms with van der Waals surface area (Å²) in [7, 11) is -3.50. The summed E-state index contributed by atoms with van der Waals surface area (Å²) in [5, 5.41) is 10.7. The number of aliphatic hydroxyl groups excluding tert-OH is 1. The van der Waals surface area contributed by atoms with Gasteiger partial charge in [0.05, 0.1) is 11.5 Å². The van der Waals surface area contributed by atoms with Crippen LogP contribution in [0.2, 0.25) is 0 Å². The van der Waals surface area contributed by atoms with E-state index in [0.717, 1.165) is 0 Å². The van der Waals surface area contributed by atoms with E-state index in [-0.39, 0.29) is 23.5 Å². The van der Waals surface area contributed by atoms with Crippen LogP contribution < -0.4 is 4.72 Å². The van der Waals surface area contributed by atoms with Gasteiger partial charge >= 0.3 is 0 Å². The van der Waals surface area contributed by atoms with Crippen molar-refractivity contribution in [2.45, 2.75) is 38.3 Å². The minimum Gasteiger partial charge on any atom is -0.391 e. The van der Waals surface area contributed by atoms with Crippen molar-refractivity contribution in [2.75, 3.05) is 0 Å². The molecular weight excluding hydrogens is 246 g/mol. The highest BCUT2D eigenvalue weighted by Crippen LogP contribution is 2.22. The molecule has 1 aromatic rings. The number of hydrogen-bond acceptors (Lipinski definition) is 4. The van der Waals surface area contributed by atoms with Gasteiger partial charge < -0.3 is 5.11 Å². The van der Waals surface area contributed by atoms with Crippen LogP contribution in [0.1, 0.15) is 25.6 Å². The quantitative estimate of drug-likeness (QED) is 0.847. The molecule has 92 valence electrons. The van der Waals surface area contributed by atoms with Gasteiger partial charge in [-0.2, -0.15) is 0 Å². The molecule has 0 aliphatic rings.